The monoisotopic (exact) mass is 440 g/mol. The molecule has 1 saturated heterocycles. The second-order valence-electron chi connectivity index (χ2n) is 6.85. The first kappa shape index (κ1) is 21.5. The van der Waals surface area contributed by atoms with Crippen molar-refractivity contribution in [2.24, 2.45) is 7.05 Å². The van der Waals surface area contributed by atoms with Gasteiger partial charge in [0.05, 0.1) is 15.6 Å². The summed E-state index contributed by atoms with van der Waals surface area (Å²) in [6.07, 6.45) is 3.23. The number of aromatic nitrogens is 2. The van der Waals surface area contributed by atoms with E-state index in [0.717, 1.165) is 29.1 Å². The predicted molar refractivity (Wildman–Crippen MR) is 108 cm³/mol. The van der Waals surface area contributed by atoms with E-state index in [1.54, 1.807) is 15.7 Å². The van der Waals surface area contributed by atoms with Gasteiger partial charge in [0.15, 0.2) is 0 Å². The maximum Gasteiger partial charge on any atom is 0.246 e. The van der Waals surface area contributed by atoms with Gasteiger partial charge in [-0.3, -0.25) is 9.48 Å². The summed E-state index contributed by atoms with van der Waals surface area (Å²) < 4.78 is 41.8. The van der Waals surface area contributed by atoms with Gasteiger partial charge in [0, 0.05) is 50.6 Å². The number of hydrogen-bond donors (Lipinski definition) is 0. The Kier molecular flexibility index (Phi) is 6.11. The third-order valence-corrected chi connectivity index (χ3v) is 7.22. The molecule has 0 saturated carbocycles. The molecule has 1 aromatic carbocycles. The molecule has 0 radical (unpaired) electrons. The van der Waals surface area contributed by atoms with Crippen molar-refractivity contribution in [3.63, 3.8) is 0 Å². The number of amides is 1. The molecule has 0 N–H and O–H groups in total. The standard InChI is InChI=1S/C19H22ClFN4O3S/c1-13-16(14(2)23(3)22-13)5-7-19(26)24-8-10-25(11-9-24)29(27,28)15-4-6-18(21)17(20)12-15/h4-7,12H,8-11H2,1-3H3/b7-5+. The normalized spacial score (nSPS) is 16.0. The summed E-state index contributed by atoms with van der Waals surface area (Å²) in [7, 11) is -1.96. The van der Waals surface area contributed by atoms with Gasteiger partial charge in [-0.1, -0.05) is 11.6 Å². The highest BCUT2D eigenvalue weighted by Gasteiger charge is 2.30. The van der Waals surface area contributed by atoms with Crippen LogP contribution in [0.4, 0.5) is 4.39 Å². The Balaban J connectivity index is 1.66. The molecule has 0 spiro atoms. The lowest BCUT2D eigenvalue weighted by molar-refractivity contribution is -0.127. The molecule has 3 rings (SSSR count). The summed E-state index contributed by atoms with van der Waals surface area (Å²) >= 11 is 5.71. The average Bonchev–Trinajstić information content (AvgIpc) is 2.93. The Morgan fingerprint density at radius 2 is 1.86 bits per heavy atom. The maximum absolute atomic E-state index is 13.3. The van der Waals surface area contributed by atoms with Crippen molar-refractivity contribution >= 4 is 33.6 Å². The summed E-state index contributed by atoms with van der Waals surface area (Å²) in [5.41, 5.74) is 2.69. The van der Waals surface area contributed by atoms with Crippen LogP contribution in [0.3, 0.4) is 0 Å². The minimum atomic E-state index is -3.80. The Hall–Kier alpha value is -2.23. The number of carbonyl (C=O) groups is 1. The second-order valence-corrected chi connectivity index (χ2v) is 9.19. The molecule has 1 aliphatic rings. The first-order valence-corrected chi connectivity index (χ1v) is 10.9. The summed E-state index contributed by atoms with van der Waals surface area (Å²) in [6, 6.07) is 3.32. The summed E-state index contributed by atoms with van der Waals surface area (Å²) in [4.78, 5) is 14.0. The van der Waals surface area contributed by atoms with E-state index in [0.29, 0.717) is 0 Å². The zero-order valence-corrected chi connectivity index (χ0v) is 18.0. The number of carbonyl (C=O) groups excluding carboxylic acids is 1. The van der Waals surface area contributed by atoms with Crippen molar-refractivity contribution in [3.8, 4) is 0 Å². The van der Waals surface area contributed by atoms with Crippen LogP contribution in [0.25, 0.3) is 6.08 Å². The molecule has 1 aliphatic heterocycles. The van der Waals surface area contributed by atoms with Crippen molar-refractivity contribution < 1.29 is 17.6 Å². The van der Waals surface area contributed by atoms with Crippen LogP contribution >= 0.6 is 11.6 Å². The molecule has 29 heavy (non-hydrogen) atoms. The number of rotatable bonds is 4. The summed E-state index contributed by atoms with van der Waals surface area (Å²) in [6.45, 7) is 4.65. The largest absolute Gasteiger partial charge is 0.337 e. The van der Waals surface area contributed by atoms with E-state index >= 15 is 0 Å². The van der Waals surface area contributed by atoms with Gasteiger partial charge in [-0.05, 0) is 38.1 Å². The van der Waals surface area contributed by atoms with Gasteiger partial charge in [0.1, 0.15) is 5.82 Å². The first-order valence-electron chi connectivity index (χ1n) is 9.03. The average molecular weight is 441 g/mol. The molecular weight excluding hydrogens is 419 g/mol. The highest BCUT2D eigenvalue weighted by atomic mass is 35.5. The number of hydrogen-bond acceptors (Lipinski definition) is 4. The van der Waals surface area contributed by atoms with Gasteiger partial charge >= 0.3 is 0 Å². The molecule has 1 aromatic heterocycles. The fraction of sp³-hybridized carbons (Fsp3) is 0.368. The van der Waals surface area contributed by atoms with Crippen LogP contribution < -0.4 is 0 Å². The first-order chi connectivity index (χ1) is 13.6. The van der Waals surface area contributed by atoms with Crippen molar-refractivity contribution in [3.05, 3.63) is 52.1 Å². The van der Waals surface area contributed by atoms with E-state index in [1.807, 2.05) is 20.9 Å². The van der Waals surface area contributed by atoms with E-state index in [1.165, 1.54) is 16.4 Å². The van der Waals surface area contributed by atoms with Crippen LogP contribution in [-0.2, 0) is 21.9 Å². The van der Waals surface area contributed by atoms with Gasteiger partial charge in [-0.2, -0.15) is 9.40 Å². The molecule has 1 fully saturated rings. The van der Waals surface area contributed by atoms with Crippen LogP contribution in [0, 0.1) is 19.7 Å². The highest BCUT2D eigenvalue weighted by Crippen LogP contribution is 2.23. The van der Waals surface area contributed by atoms with E-state index in [9.17, 15) is 17.6 Å². The Morgan fingerprint density at radius 3 is 2.41 bits per heavy atom. The molecule has 0 unspecified atom stereocenters. The lowest BCUT2D eigenvalue weighted by Gasteiger charge is -2.33. The van der Waals surface area contributed by atoms with E-state index in [2.05, 4.69) is 5.10 Å². The van der Waals surface area contributed by atoms with E-state index in [-0.39, 0.29) is 42.0 Å². The van der Waals surface area contributed by atoms with Gasteiger partial charge in [0.2, 0.25) is 15.9 Å². The third-order valence-electron chi connectivity index (χ3n) is 5.04. The maximum atomic E-state index is 13.3. The Morgan fingerprint density at radius 1 is 1.21 bits per heavy atom. The number of benzene rings is 1. The predicted octanol–water partition coefficient (Wildman–Crippen LogP) is 2.38. The number of piperazine rings is 1. The van der Waals surface area contributed by atoms with Gasteiger partial charge in [-0.25, -0.2) is 12.8 Å². The van der Waals surface area contributed by atoms with Crippen LogP contribution in [0.5, 0.6) is 0 Å². The van der Waals surface area contributed by atoms with Crippen LogP contribution in [0.2, 0.25) is 5.02 Å². The van der Waals surface area contributed by atoms with Crippen molar-refractivity contribution in [2.45, 2.75) is 18.7 Å². The van der Waals surface area contributed by atoms with Crippen molar-refractivity contribution in [1.29, 1.82) is 0 Å². The molecule has 0 atom stereocenters. The third kappa shape index (κ3) is 4.36. The molecule has 7 nitrogen and oxygen atoms in total. The van der Waals surface area contributed by atoms with Crippen LogP contribution in [0.1, 0.15) is 17.0 Å². The van der Waals surface area contributed by atoms with Crippen molar-refractivity contribution in [1.82, 2.24) is 19.0 Å². The van der Waals surface area contributed by atoms with E-state index < -0.39 is 15.8 Å². The Bertz CT molecular complexity index is 1070. The van der Waals surface area contributed by atoms with Crippen molar-refractivity contribution in [2.75, 3.05) is 26.2 Å². The highest BCUT2D eigenvalue weighted by molar-refractivity contribution is 7.89. The molecule has 2 aromatic rings. The SMILES string of the molecule is Cc1nn(C)c(C)c1/C=C/C(=O)N1CCN(S(=O)(=O)c2ccc(F)c(Cl)c2)CC1. The number of aryl methyl sites for hydroxylation is 2. The fourth-order valence-electron chi connectivity index (χ4n) is 3.23. The zero-order chi connectivity index (χ0) is 21.3. The fourth-order valence-corrected chi connectivity index (χ4v) is 4.92. The lowest BCUT2D eigenvalue weighted by atomic mass is 10.2. The van der Waals surface area contributed by atoms with Crippen LogP contribution in [0.15, 0.2) is 29.2 Å². The zero-order valence-electron chi connectivity index (χ0n) is 16.4. The Labute approximate surface area is 174 Å². The van der Waals surface area contributed by atoms with Gasteiger partial charge in [0.25, 0.3) is 0 Å². The minimum Gasteiger partial charge on any atom is -0.337 e. The van der Waals surface area contributed by atoms with Gasteiger partial charge < -0.3 is 4.90 Å². The molecule has 1 amide bonds. The number of sulfonamides is 1. The molecule has 156 valence electrons. The quantitative estimate of drug-likeness (QED) is 0.684. The number of halogens is 2. The molecule has 2 heterocycles. The van der Waals surface area contributed by atoms with Gasteiger partial charge in [-0.15, -0.1) is 0 Å². The molecular formula is C19H22ClFN4O3S. The smallest absolute Gasteiger partial charge is 0.246 e. The second kappa shape index (κ2) is 8.25. The molecule has 0 aliphatic carbocycles. The molecule has 10 heteroatoms. The lowest BCUT2D eigenvalue weighted by Crippen LogP contribution is -2.50. The number of nitrogens with zero attached hydrogens (tertiary/aromatic N) is 4. The molecule has 0 bridgehead atoms. The van der Waals surface area contributed by atoms with E-state index in [4.69, 9.17) is 11.6 Å². The summed E-state index contributed by atoms with van der Waals surface area (Å²) in [5, 5.41) is 4.07. The summed E-state index contributed by atoms with van der Waals surface area (Å²) in [5.74, 6) is -0.860. The topological polar surface area (TPSA) is 75.5 Å². The van der Waals surface area contributed by atoms with Crippen LogP contribution in [-0.4, -0.2) is 59.5 Å². The minimum absolute atomic E-state index is 0.0638.